The van der Waals surface area contributed by atoms with Crippen molar-refractivity contribution in [1.29, 1.82) is 0 Å². The van der Waals surface area contributed by atoms with Crippen LogP contribution in [0.3, 0.4) is 0 Å². The first-order chi connectivity index (χ1) is 13.0. The van der Waals surface area contributed by atoms with Crippen molar-refractivity contribution in [1.82, 2.24) is 10.6 Å². The first kappa shape index (κ1) is 20.1. The number of aliphatic hydroxyl groups excluding tert-OH is 1. The van der Waals surface area contributed by atoms with Crippen molar-refractivity contribution in [2.75, 3.05) is 19.8 Å². The predicted octanol–water partition coefficient (Wildman–Crippen LogP) is 2.57. The molecular weight excluding hydrogens is 482 g/mol. The Kier molecular flexibility index (Phi) is 6.40. The SMILES string of the molecule is O=C(NC(=S)NC1(c2cc(I)ccc2F)COCC1CO)c1ccccc1. The molecule has 1 aliphatic rings. The molecule has 27 heavy (non-hydrogen) atoms. The summed E-state index contributed by atoms with van der Waals surface area (Å²) in [6, 6.07) is 13.4. The van der Waals surface area contributed by atoms with Crippen LogP contribution in [0.4, 0.5) is 4.39 Å². The van der Waals surface area contributed by atoms with E-state index in [4.69, 9.17) is 17.0 Å². The number of amides is 1. The van der Waals surface area contributed by atoms with Crippen molar-refractivity contribution in [2.45, 2.75) is 5.54 Å². The second kappa shape index (κ2) is 8.59. The molecule has 1 saturated heterocycles. The van der Waals surface area contributed by atoms with Crippen LogP contribution >= 0.6 is 34.8 Å². The van der Waals surface area contributed by atoms with Gasteiger partial charge in [-0.05, 0) is 65.1 Å². The minimum atomic E-state index is -1.07. The molecule has 0 aliphatic carbocycles. The number of halogens is 2. The molecule has 1 heterocycles. The first-order valence-electron chi connectivity index (χ1n) is 8.29. The zero-order valence-electron chi connectivity index (χ0n) is 14.2. The normalized spacial score (nSPS) is 21.7. The van der Waals surface area contributed by atoms with Crippen LogP contribution in [0.15, 0.2) is 48.5 Å². The fourth-order valence-corrected chi connectivity index (χ4v) is 3.94. The maximum absolute atomic E-state index is 14.6. The summed E-state index contributed by atoms with van der Waals surface area (Å²) in [5.74, 6) is -1.22. The molecule has 2 aromatic rings. The predicted molar refractivity (Wildman–Crippen MR) is 112 cm³/mol. The van der Waals surface area contributed by atoms with Crippen LogP contribution in [-0.2, 0) is 10.3 Å². The monoisotopic (exact) mass is 500 g/mol. The summed E-state index contributed by atoms with van der Waals surface area (Å²) in [5.41, 5.74) is -0.263. The molecule has 2 unspecified atom stereocenters. The van der Waals surface area contributed by atoms with Crippen molar-refractivity contribution < 1.29 is 19.0 Å². The highest BCUT2D eigenvalue weighted by Gasteiger charge is 2.47. The molecule has 0 saturated carbocycles. The summed E-state index contributed by atoms with van der Waals surface area (Å²) in [5, 5.41) is 15.5. The van der Waals surface area contributed by atoms with Gasteiger partial charge in [-0.3, -0.25) is 10.1 Å². The summed E-state index contributed by atoms with van der Waals surface area (Å²) in [7, 11) is 0. The van der Waals surface area contributed by atoms with Crippen LogP contribution in [0.25, 0.3) is 0 Å². The number of benzene rings is 2. The number of nitrogens with one attached hydrogen (secondary N) is 2. The standard InChI is InChI=1S/C19H18FIN2O3S/c20-16-7-6-14(21)8-15(16)19(11-26-10-13(19)9-24)23-18(27)22-17(25)12-4-2-1-3-5-12/h1-8,13,24H,9-11H2,(H2,22,23,25,27). The quantitative estimate of drug-likeness (QED) is 0.445. The van der Waals surface area contributed by atoms with Gasteiger partial charge in [-0.1, -0.05) is 18.2 Å². The molecule has 8 heteroatoms. The fourth-order valence-electron chi connectivity index (χ4n) is 3.17. The number of hydrogen-bond donors (Lipinski definition) is 3. The molecule has 0 bridgehead atoms. The second-order valence-corrected chi connectivity index (χ2v) is 7.92. The lowest BCUT2D eigenvalue weighted by Gasteiger charge is -2.36. The average molecular weight is 500 g/mol. The van der Waals surface area contributed by atoms with E-state index in [1.54, 1.807) is 36.4 Å². The second-order valence-electron chi connectivity index (χ2n) is 6.26. The number of hydrogen-bond acceptors (Lipinski definition) is 4. The molecule has 0 spiro atoms. The highest BCUT2D eigenvalue weighted by atomic mass is 127. The van der Waals surface area contributed by atoms with Gasteiger partial charge in [0.25, 0.3) is 5.91 Å². The Morgan fingerprint density at radius 1 is 1.33 bits per heavy atom. The summed E-state index contributed by atoms with van der Waals surface area (Å²) in [6.45, 7) is 0.160. The topological polar surface area (TPSA) is 70.6 Å². The maximum atomic E-state index is 14.6. The Bertz CT molecular complexity index is 852. The lowest BCUT2D eigenvalue weighted by molar-refractivity contribution is 0.0974. The first-order valence-corrected chi connectivity index (χ1v) is 9.77. The van der Waals surface area contributed by atoms with Crippen molar-refractivity contribution in [2.24, 2.45) is 5.92 Å². The van der Waals surface area contributed by atoms with Crippen molar-refractivity contribution in [3.63, 3.8) is 0 Å². The Hall–Kier alpha value is -1.62. The van der Waals surface area contributed by atoms with Crippen molar-refractivity contribution in [3.8, 4) is 0 Å². The zero-order chi connectivity index (χ0) is 19.4. The molecule has 2 aromatic carbocycles. The third-order valence-corrected chi connectivity index (χ3v) is 5.45. The molecule has 3 N–H and O–H groups in total. The van der Waals surface area contributed by atoms with Crippen LogP contribution in [0, 0.1) is 15.3 Å². The smallest absolute Gasteiger partial charge is 0.257 e. The van der Waals surface area contributed by atoms with Gasteiger partial charge < -0.3 is 15.2 Å². The average Bonchev–Trinajstić information content (AvgIpc) is 3.07. The molecule has 1 fully saturated rings. The highest BCUT2D eigenvalue weighted by Crippen LogP contribution is 2.37. The van der Waals surface area contributed by atoms with Gasteiger partial charge >= 0.3 is 0 Å². The maximum Gasteiger partial charge on any atom is 0.257 e. The van der Waals surface area contributed by atoms with E-state index in [1.807, 2.05) is 6.07 Å². The number of carbonyl (C=O) groups excluding carboxylic acids is 1. The van der Waals surface area contributed by atoms with E-state index in [9.17, 15) is 14.3 Å². The Morgan fingerprint density at radius 3 is 2.78 bits per heavy atom. The molecular formula is C19H18FIN2O3S. The van der Waals surface area contributed by atoms with Crippen LogP contribution < -0.4 is 10.6 Å². The Morgan fingerprint density at radius 2 is 2.07 bits per heavy atom. The number of ether oxygens (including phenoxy) is 1. The van der Waals surface area contributed by atoms with E-state index < -0.39 is 17.3 Å². The number of rotatable bonds is 4. The van der Waals surface area contributed by atoms with E-state index in [0.29, 0.717) is 11.1 Å². The van der Waals surface area contributed by atoms with Gasteiger partial charge in [0.05, 0.1) is 25.4 Å². The summed E-state index contributed by atoms with van der Waals surface area (Å²) in [6.07, 6.45) is 0. The molecule has 3 rings (SSSR count). The highest BCUT2D eigenvalue weighted by molar-refractivity contribution is 14.1. The van der Waals surface area contributed by atoms with Crippen LogP contribution in [0.1, 0.15) is 15.9 Å². The summed E-state index contributed by atoms with van der Waals surface area (Å²) >= 11 is 7.41. The third-order valence-electron chi connectivity index (χ3n) is 4.57. The molecule has 142 valence electrons. The molecule has 1 amide bonds. The number of aliphatic hydroxyl groups is 1. The fraction of sp³-hybridized carbons (Fsp3) is 0.263. The minimum Gasteiger partial charge on any atom is -0.396 e. The van der Waals surface area contributed by atoms with Gasteiger partial charge in [-0.15, -0.1) is 0 Å². The van der Waals surface area contributed by atoms with E-state index in [0.717, 1.165) is 3.57 Å². The van der Waals surface area contributed by atoms with Crippen molar-refractivity contribution in [3.05, 3.63) is 69.0 Å². The molecule has 0 radical (unpaired) electrons. The largest absolute Gasteiger partial charge is 0.396 e. The molecule has 1 aliphatic heterocycles. The lowest BCUT2D eigenvalue weighted by Crippen LogP contribution is -2.56. The molecule has 2 atom stereocenters. The van der Waals surface area contributed by atoms with Gasteiger partial charge in [-0.25, -0.2) is 4.39 Å². The lowest BCUT2D eigenvalue weighted by atomic mass is 9.80. The van der Waals surface area contributed by atoms with Crippen LogP contribution in [0.2, 0.25) is 0 Å². The van der Waals surface area contributed by atoms with E-state index in [-0.39, 0.29) is 30.8 Å². The summed E-state index contributed by atoms with van der Waals surface area (Å²) < 4.78 is 21.0. The molecule has 5 nitrogen and oxygen atoms in total. The third kappa shape index (κ3) is 4.29. The van der Waals surface area contributed by atoms with Gasteiger partial charge in [-0.2, -0.15) is 0 Å². The summed E-state index contributed by atoms with van der Waals surface area (Å²) in [4.78, 5) is 12.3. The molecule has 0 aromatic heterocycles. The van der Waals surface area contributed by atoms with Crippen LogP contribution in [0.5, 0.6) is 0 Å². The van der Waals surface area contributed by atoms with Crippen molar-refractivity contribution >= 4 is 45.8 Å². The minimum absolute atomic E-state index is 0.0473. The van der Waals surface area contributed by atoms with Gasteiger partial charge in [0.1, 0.15) is 5.82 Å². The van der Waals surface area contributed by atoms with E-state index in [1.165, 1.54) is 6.07 Å². The van der Waals surface area contributed by atoms with E-state index in [2.05, 4.69) is 33.2 Å². The number of thiocarbonyl (C=S) groups is 1. The van der Waals surface area contributed by atoms with Gasteiger partial charge in [0.15, 0.2) is 5.11 Å². The van der Waals surface area contributed by atoms with Gasteiger partial charge in [0.2, 0.25) is 0 Å². The number of carbonyl (C=O) groups is 1. The zero-order valence-corrected chi connectivity index (χ0v) is 17.2. The Labute approximate surface area is 175 Å². The Balaban J connectivity index is 1.87. The van der Waals surface area contributed by atoms with Gasteiger partial charge in [0, 0.05) is 20.6 Å². The van der Waals surface area contributed by atoms with Crippen LogP contribution in [-0.4, -0.2) is 35.9 Å². The van der Waals surface area contributed by atoms with E-state index >= 15 is 0 Å².